The van der Waals surface area contributed by atoms with Gasteiger partial charge in [-0.15, -0.1) is 0 Å². The van der Waals surface area contributed by atoms with Crippen molar-refractivity contribution < 1.29 is 14.5 Å². The average molecular weight is 294 g/mol. The molecule has 2 unspecified atom stereocenters. The van der Waals surface area contributed by atoms with E-state index in [1.807, 2.05) is 6.92 Å². The van der Waals surface area contributed by atoms with Crippen LogP contribution in [0.5, 0.6) is 0 Å². The molecule has 21 heavy (non-hydrogen) atoms. The zero-order valence-electron chi connectivity index (χ0n) is 11.7. The summed E-state index contributed by atoms with van der Waals surface area (Å²) in [4.78, 5) is 22.3. The summed E-state index contributed by atoms with van der Waals surface area (Å²) in [6.07, 6.45) is 1.04. The number of benzene rings is 1. The fraction of sp³-hybridized carbons (Fsp3) is 0.462. The van der Waals surface area contributed by atoms with Gasteiger partial charge in [-0.25, -0.2) is 0 Å². The summed E-state index contributed by atoms with van der Waals surface area (Å²) in [5.41, 5.74) is 2.48. The Bertz CT molecular complexity index is 549. The molecule has 8 nitrogen and oxygen atoms in total. The number of anilines is 1. The average Bonchev–Trinajstić information content (AvgIpc) is 2.89. The maximum Gasteiger partial charge on any atom is 0.293 e. The van der Waals surface area contributed by atoms with Crippen molar-refractivity contribution in [2.24, 2.45) is 11.8 Å². The van der Waals surface area contributed by atoms with Gasteiger partial charge in [-0.3, -0.25) is 20.8 Å². The Kier molecular flexibility index (Phi) is 4.71. The van der Waals surface area contributed by atoms with E-state index in [4.69, 9.17) is 10.6 Å². The lowest BCUT2D eigenvalue weighted by molar-refractivity contribution is -0.384. The summed E-state index contributed by atoms with van der Waals surface area (Å²) in [5.74, 6) is 5.25. The van der Waals surface area contributed by atoms with E-state index < -0.39 is 4.92 Å². The number of nitrogens with zero attached hydrogens (tertiary/aromatic N) is 1. The number of hydrogen-bond acceptors (Lipinski definition) is 6. The number of carbonyl (C=O) groups is 1. The number of hydrazine groups is 1. The largest absolute Gasteiger partial charge is 0.378 e. The van der Waals surface area contributed by atoms with Crippen molar-refractivity contribution in [3.8, 4) is 0 Å². The summed E-state index contributed by atoms with van der Waals surface area (Å²) in [6, 6.07) is 4.02. The standard InChI is InChI=1S/C13H18N4O4/c1-8-10(4-5-21-8)7-15-13(18)9-2-3-12(17(19)20)11(6-9)16-14/h2-3,6,8,10,16H,4-5,7,14H2,1H3,(H,15,18). The Labute approximate surface area is 121 Å². The fourth-order valence-corrected chi connectivity index (χ4v) is 2.32. The van der Waals surface area contributed by atoms with Crippen LogP contribution in [0.1, 0.15) is 23.7 Å². The van der Waals surface area contributed by atoms with E-state index in [1.54, 1.807) is 0 Å². The van der Waals surface area contributed by atoms with Gasteiger partial charge in [0.2, 0.25) is 0 Å². The molecule has 1 aliphatic heterocycles. The minimum atomic E-state index is -0.561. The Hall–Kier alpha value is -2.19. The number of nitro benzene ring substituents is 1. The first kappa shape index (κ1) is 15.2. The van der Waals surface area contributed by atoms with Gasteiger partial charge in [0, 0.05) is 30.7 Å². The Balaban J connectivity index is 2.03. The van der Waals surface area contributed by atoms with Crippen LogP contribution < -0.4 is 16.6 Å². The predicted octanol–water partition coefficient (Wildman–Crippen LogP) is 1.04. The maximum atomic E-state index is 12.1. The molecule has 1 aromatic rings. The molecule has 1 aliphatic rings. The van der Waals surface area contributed by atoms with Crippen LogP contribution in [0.2, 0.25) is 0 Å². The van der Waals surface area contributed by atoms with Crippen molar-refractivity contribution in [1.82, 2.24) is 5.32 Å². The maximum absolute atomic E-state index is 12.1. The summed E-state index contributed by atoms with van der Waals surface area (Å²) >= 11 is 0. The molecule has 1 heterocycles. The third kappa shape index (κ3) is 3.47. The molecule has 1 fully saturated rings. The molecule has 0 aromatic heterocycles. The normalized spacial score (nSPS) is 21.0. The third-order valence-electron chi connectivity index (χ3n) is 3.67. The van der Waals surface area contributed by atoms with Crippen LogP contribution in [0, 0.1) is 16.0 Å². The highest BCUT2D eigenvalue weighted by Crippen LogP contribution is 2.24. The number of nitrogen functional groups attached to an aromatic ring is 1. The second-order valence-electron chi connectivity index (χ2n) is 4.97. The SMILES string of the molecule is CC1OCCC1CNC(=O)c1ccc([N+](=O)[O-])c(NN)c1. The van der Waals surface area contributed by atoms with E-state index in [9.17, 15) is 14.9 Å². The van der Waals surface area contributed by atoms with Crippen molar-refractivity contribution >= 4 is 17.3 Å². The Morgan fingerprint density at radius 2 is 2.33 bits per heavy atom. The van der Waals surface area contributed by atoms with Crippen LogP contribution in [0.3, 0.4) is 0 Å². The van der Waals surface area contributed by atoms with Gasteiger partial charge in [-0.1, -0.05) is 0 Å². The number of hydrogen-bond donors (Lipinski definition) is 3. The van der Waals surface area contributed by atoms with E-state index in [2.05, 4.69) is 10.7 Å². The number of amides is 1. The van der Waals surface area contributed by atoms with E-state index in [-0.39, 0.29) is 23.4 Å². The zero-order chi connectivity index (χ0) is 15.4. The highest BCUT2D eigenvalue weighted by Gasteiger charge is 2.25. The lowest BCUT2D eigenvalue weighted by Gasteiger charge is -2.15. The number of nitrogens with two attached hydrogens (primary N) is 1. The highest BCUT2D eigenvalue weighted by molar-refractivity contribution is 5.95. The number of nitrogens with one attached hydrogen (secondary N) is 2. The van der Waals surface area contributed by atoms with Crippen molar-refractivity contribution in [3.63, 3.8) is 0 Å². The molecule has 4 N–H and O–H groups in total. The molecule has 0 spiro atoms. The number of rotatable bonds is 5. The molecule has 0 aliphatic carbocycles. The molecular formula is C13H18N4O4. The second kappa shape index (κ2) is 6.51. The fourth-order valence-electron chi connectivity index (χ4n) is 2.32. The van der Waals surface area contributed by atoms with Crippen LogP contribution >= 0.6 is 0 Å². The lowest BCUT2D eigenvalue weighted by Crippen LogP contribution is -2.32. The molecule has 0 saturated carbocycles. The molecule has 114 valence electrons. The highest BCUT2D eigenvalue weighted by atomic mass is 16.6. The van der Waals surface area contributed by atoms with E-state index in [0.29, 0.717) is 24.6 Å². The van der Waals surface area contributed by atoms with E-state index in [1.165, 1.54) is 18.2 Å². The monoisotopic (exact) mass is 294 g/mol. The van der Waals surface area contributed by atoms with Gasteiger partial charge in [0.1, 0.15) is 5.69 Å². The van der Waals surface area contributed by atoms with Crippen molar-refractivity contribution in [1.29, 1.82) is 0 Å². The second-order valence-corrected chi connectivity index (χ2v) is 4.97. The van der Waals surface area contributed by atoms with Crippen LogP contribution in [-0.2, 0) is 4.74 Å². The molecule has 2 atom stereocenters. The van der Waals surface area contributed by atoms with Crippen LogP contribution in [0.4, 0.5) is 11.4 Å². The smallest absolute Gasteiger partial charge is 0.293 e. The van der Waals surface area contributed by atoms with Crippen molar-refractivity contribution in [3.05, 3.63) is 33.9 Å². The van der Waals surface area contributed by atoms with Gasteiger partial charge in [-0.05, 0) is 25.5 Å². The van der Waals surface area contributed by atoms with Crippen LogP contribution in [-0.4, -0.2) is 30.1 Å². The minimum Gasteiger partial charge on any atom is -0.378 e. The molecule has 1 amide bonds. The number of ether oxygens (including phenoxy) is 1. The molecule has 1 aromatic carbocycles. The Morgan fingerprint density at radius 3 is 2.90 bits per heavy atom. The minimum absolute atomic E-state index is 0.102. The number of nitro groups is 1. The lowest BCUT2D eigenvalue weighted by atomic mass is 10.0. The Morgan fingerprint density at radius 1 is 1.57 bits per heavy atom. The molecule has 2 rings (SSSR count). The van der Waals surface area contributed by atoms with Gasteiger partial charge in [0.05, 0.1) is 11.0 Å². The molecule has 8 heteroatoms. The van der Waals surface area contributed by atoms with Gasteiger partial charge >= 0.3 is 0 Å². The summed E-state index contributed by atoms with van der Waals surface area (Å²) < 4.78 is 5.43. The first-order chi connectivity index (χ1) is 10.0. The van der Waals surface area contributed by atoms with Gasteiger partial charge in [0.25, 0.3) is 11.6 Å². The first-order valence-electron chi connectivity index (χ1n) is 6.67. The van der Waals surface area contributed by atoms with E-state index >= 15 is 0 Å². The summed E-state index contributed by atoms with van der Waals surface area (Å²) in [5, 5.41) is 13.6. The predicted molar refractivity (Wildman–Crippen MR) is 76.8 cm³/mol. The van der Waals surface area contributed by atoms with Crippen LogP contribution in [0.25, 0.3) is 0 Å². The zero-order valence-corrected chi connectivity index (χ0v) is 11.7. The molecule has 1 saturated heterocycles. The van der Waals surface area contributed by atoms with Gasteiger partial charge in [0.15, 0.2) is 0 Å². The quantitative estimate of drug-likeness (QED) is 0.424. The third-order valence-corrected chi connectivity index (χ3v) is 3.67. The van der Waals surface area contributed by atoms with Crippen molar-refractivity contribution in [2.45, 2.75) is 19.4 Å². The van der Waals surface area contributed by atoms with Gasteiger partial charge in [-0.2, -0.15) is 0 Å². The van der Waals surface area contributed by atoms with Crippen LogP contribution in [0.15, 0.2) is 18.2 Å². The molecule has 0 bridgehead atoms. The van der Waals surface area contributed by atoms with E-state index in [0.717, 1.165) is 6.42 Å². The van der Waals surface area contributed by atoms with Crippen molar-refractivity contribution in [2.75, 3.05) is 18.6 Å². The topological polar surface area (TPSA) is 120 Å². The summed E-state index contributed by atoms with van der Waals surface area (Å²) in [6.45, 7) is 3.20. The molecule has 0 radical (unpaired) electrons. The summed E-state index contributed by atoms with van der Waals surface area (Å²) in [7, 11) is 0. The molecular weight excluding hydrogens is 276 g/mol. The van der Waals surface area contributed by atoms with Gasteiger partial charge < -0.3 is 15.5 Å². The first-order valence-corrected chi connectivity index (χ1v) is 6.67. The number of carbonyl (C=O) groups excluding carboxylic acids is 1.